The summed E-state index contributed by atoms with van der Waals surface area (Å²) < 4.78 is 19.6. The number of nitrogens with zero attached hydrogens (tertiary/aromatic N) is 3. The van der Waals surface area contributed by atoms with Crippen molar-refractivity contribution in [2.24, 2.45) is 5.73 Å². The summed E-state index contributed by atoms with van der Waals surface area (Å²) in [5, 5.41) is 12.8. The van der Waals surface area contributed by atoms with Gasteiger partial charge in [-0.05, 0) is 36.1 Å². The molecule has 1 aromatic heterocycles. The van der Waals surface area contributed by atoms with Crippen LogP contribution in [-0.4, -0.2) is 58.9 Å². The SMILES string of the molecule is CC[C@@H](CO)Nc1nc2c(c([C@@H](COC)c3ccc(Cl)c(F)c3)n1)CCN(C(N)=O)C2. The monoisotopic (exact) mass is 451 g/mol. The minimum atomic E-state index is -0.521. The number of anilines is 1. The number of urea groups is 1. The van der Waals surface area contributed by atoms with Crippen LogP contribution in [0.5, 0.6) is 0 Å². The lowest BCUT2D eigenvalue weighted by atomic mass is 9.90. The van der Waals surface area contributed by atoms with Crippen LogP contribution in [0, 0.1) is 5.82 Å². The second kappa shape index (κ2) is 10.2. The molecule has 0 saturated carbocycles. The van der Waals surface area contributed by atoms with Crippen molar-refractivity contribution in [1.29, 1.82) is 0 Å². The number of primary amides is 1. The summed E-state index contributed by atoms with van der Waals surface area (Å²) in [7, 11) is 1.57. The van der Waals surface area contributed by atoms with Gasteiger partial charge in [-0.2, -0.15) is 0 Å². The molecule has 168 valence electrons. The summed E-state index contributed by atoms with van der Waals surface area (Å²) in [5.41, 5.74) is 8.38. The molecule has 0 unspecified atom stereocenters. The second-order valence-electron chi connectivity index (χ2n) is 7.48. The number of carbonyl (C=O) groups excluding carboxylic acids is 1. The van der Waals surface area contributed by atoms with Gasteiger partial charge >= 0.3 is 6.03 Å². The summed E-state index contributed by atoms with van der Waals surface area (Å²) in [5.74, 6) is -0.562. The van der Waals surface area contributed by atoms with E-state index in [9.17, 15) is 14.3 Å². The quantitative estimate of drug-likeness (QED) is 0.568. The molecule has 8 nitrogen and oxygen atoms in total. The Morgan fingerprint density at radius 1 is 1.45 bits per heavy atom. The van der Waals surface area contributed by atoms with E-state index in [1.54, 1.807) is 13.2 Å². The van der Waals surface area contributed by atoms with E-state index in [4.69, 9.17) is 27.1 Å². The highest BCUT2D eigenvalue weighted by atomic mass is 35.5. The van der Waals surface area contributed by atoms with Gasteiger partial charge in [0.1, 0.15) is 5.82 Å². The molecular formula is C21H27ClFN5O3. The highest BCUT2D eigenvalue weighted by Crippen LogP contribution is 2.33. The first-order valence-corrected chi connectivity index (χ1v) is 10.5. The first kappa shape index (κ1) is 23.2. The van der Waals surface area contributed by atoms with Crippen molar-refractivity contribution in [2.75, 3.05) is 32.2 Å². The number of halogens is 2. The number of hydrogen-bond donors (Lipinski definition) is 3. The number of ether oxygens (including phenoxy) is 1. The first-order valence-electron chi connectivity index (χ1n) is 10.1. The van der Waals surface area contributed by atoms with Crippen LogP contribution in [0.4, 0.5) is 15.1 Å². The fourth-order valence-electron chi connectivity index (χ4n) is 3.69. The van der Waals surface area contributed by atoms with Gasteiger partial charge in [0.25, 0.3) is 0 Å². The highest BCUT2D eigenvalue weighted by Gasteiger charge is 2.29. The van der Waals surface area contributed by atoms with Crippen molar-refractivity contribution in [3.63, 3.8) is 0 Å². The van der Waals surface area contributed by atoms with Crippen LogP contribution in [-0.2, 0) is 17.7 Å². The van der Waals surface area contributed by atoms with Crippen molar-refractivity contribution >= 4 is 23.6 Å². The lowest BCUT2D eigenvalue weighted by Crippen LogP contribution is -2.40. The van der Waals surface area contributed by atoms with Crippen molar-refractivity contribution in [2.45, 2.75) is 38.3 Å². The molecule has 2 aromatic rings. The largest absolute Gasteiger partial charge is 0.394 e. The molecule has 0 radical (unpaired) electrons. The van der Waals surface area contributed by atoms with E-state index in [-0.39, 0.29) is 36.7 Å². The maximum atomic E-state index is 14.2. The summed E-state index contributed by atoms with van der Waals surface area (Å²) in [4.78, 5) is 22.6. The summed E-state index contributed by atoms with van der Waals surface area (Å²) in [6.45, 7) is 2.81. The number of fused-ring (bicyclic) bond motifs is 1. The topological polar surface area (TPSA) is 114 Å². The Balaban J connectivity index is 2.11. The van der Waals surface area contributed by atoms with E-state index in [1.165, 1.54) is 17.0 Å². The molecular weight excluding hydrogens is 425 g/mol. The van der Waals surface area contributed by atoms with E-state index < -0.39 is 11.8 Å². The van der Waals surface area contributed by atoms with Crippen molar-refractivity contribution in [3.8, 4) is 0 Å². The van der Waals surface area contributed by atoms with E-state index in [0.717, 1.165) is 5.56 Å². The molecule has 1 aliphatic rings. The summed E-state index contributed by atoms with van der Waals surface area (Å²) in [6, 6.07) is 3.90. The first-order chi connectivity index (χ1) is 14.9. The molecule has 0 aliphatic carbocycles. The molecule has 0 spiro atoms. The number of benzene rings is 1. The summed E-state index contributed by atoms with van der Waals surface area (Å²) in [6.07, 6.45) is 1.19. The molecule has 0 fully saturated rings. The zero-order valence-electron chi connectivity index (χ0n) is 17.6. The highest BCUT2D eigenvalue weighted by molar-refractivity contribution is 6.30. The molecule has 31 heavy (non-hydrogen) atoms. The van der Waals surface area contributed by atoms with Gasteiger partial charge in [-0.3, -0.25) is 0 Å². The Hall–Kier alpha value is -2.49. The lowest BCUT2D eigenvalue weighted by molar-refractivity contribution is 0.186. The van der Waals surface area contributed by atoms with E-state index in [2.05, 4.69) is 10.3 Å². The third kappa shape index (κ3) is 5.23. The van der Waals surface area contributed by atoms with Gasteiger partial charge in [-0.15, -0.1) is 0 Å². The van der Waals surface area contributed by atoms with Crippen LogP contribution in [0.1, 0.15) is 41.8 Å². The minimum Gasteiger partial charge on any atom is -0.394 e. The number of aliphatic hydroxyl groups is 1. The smallest absolute Gasteiger partial charge is 0.315 e. The van der Waals surface area contributed by atoms with Gasteiger partial charge in [0, 0.05) is 13.7 Å². The predicted molar refractivity (Wildman–Crippen MR) is 116 cm³/mol. The fraction of sp³-hybridized carbons (Fsp3) is 0.476. The third-order valence-electron chi connectivity index (χ3n) is 5.46. The van der Waals surface area contributed by atoms with E-state index >= 15 is 0 Å². The Kier molecular flexibility index (Phi) is 7.64. The van der Waals surface area contributed by atoms with Gasteiger partial charge in [0.2, 0.25) is 5.95 Å². The Morgan fingerprint density at radius 3 is 2.84 bits per heavy atom. The normalized spacial score (nSPS) is 15.3. The van der Waals surface area contributed by atoms with Crippen LogP contribution >= 0.6 is 11.6 Å². The number of rotatable bonds is 8. The molecule has 3 rings (SSSR count). The van der Waals surface area contributed by atoms with E-state index in [1.807, 2.05) is 6.92 Å². The average Bonchev–Trinajstić information content (AvgIpc) is 2.76. The van der Waals surface area contributed by atoms with Gasteiger partial charge in [0.15, 0.2) is 0 Å². The van der Waals surface area contributed by atoms with Crippen molar-refractivity contribution in [1.82, 2.24) is 14.9 Å². The number of aromatic nitrogens is 2. The molecule has 2 atom stereocenters. The Labute approximate surface area is 185 Å². The zero-order chi connectivity index (χ0) is 22.5. The van der Waals surface area contributed by atoms with Crippen LogP contribution < -0.4 is 11.1 Å². The van der Waals surface area contributed by atoms with Crippen molar-refractivity contribution in [3.05, 3.63) is 51.6 Å². The number of nitrogens with one attached hydrogen (secondary N) is 1. The Morgan fingerprint density at radius 2 is 2.23 bits per heavy atom. The predicted octanol–water partition coefficient (Wildman–Crippen LogP) is 2.67. The number of hydrogen-bond acceptors (Lipinski definition) is 6. The summed E-state index contributed by atoms with van der Waals surface area (Å²) >= 11 is 5.87. The molecule has 0 saturated heterocycles. The van der Waals surface area contributed by atoms with E-state index in [0.29, 0.717) is 42.3 Å². The molecule has 1 aromatic carbocycles. The average molecular weight is 452 g/mol. The molecule has 2 heterocycles. The zero-order valence-corrected chi connectivity index (χ0v) is 18.3. The molecule has 2 amide bonds. The molecule has 1 aliphatic heterocycles. The number of methoxy groups -OCH3 is 1. The maximum absolute atomic E-state index is 14.2. The minimum absolute atomic E-state index is 0.0397. The third-order valence-corrected chi connectivity index (χ3v) is 5.77. The molecule has 0 bridgehead atoms. The Bertz CT molecular complexity index is 941. The van der Waals surface area contributed by atoms with Crippen LogP contribution in [0.15, 0.2) is 18.2 Å². The molecule has 4 N–H and O–H groups in total. The van der Waals surface area contributed by atoms with Gasteiger partial charge in [0.05, 0.1) is 48.1 Å². The lowest BCUT2D eigenvalue weighted by Gasteiger charge is -2.30. The van der Waals surface area contributed by atoms with Crippen molar-refractivity contribution < 1.29 is 19.0 Å². The number of carbonyl (C=O) groups is 1. The number of amides is 2. The number of aliphatic hydroxyl groups excluding tert-OH is 1. The van der Waals surface area contributed by atoms with Gasteiger partial charge < -0.3 is 25.8 Å². The van der Waals surface area contributed by atoms with Gasteiger partial charge in [-0.1, -0.05) is 24.6 Å². The maximum Gasteiger partial charge on any atom is 0.315 e. The number of nitrogens with two attached hydrogens (primary N) is 1. The fourth-order valence-corrected chi connectivity index (χ4v) is 3.81. The van der Waals surface area contributed by atoms with Crippen LogP contribution in [0.25, 0.3) is 0 Å². The molecule has 10 heteroatoms. The van der Waals surface area contributed by atoms with Crippen LogP contribution in [0.2, 0.25) is 5.02 Å². The van der Waals surface area contributed by atoms with Gasteiger partial charge in [-0.25, -0.2) is 19.2 Å². The van der Waals surface area contributed by atoms with Crippen LogP contribution in [0.3, 0.4) is 0 Å². The second-order valence-corrected chi connectivity index (χ2v) is 7.89. The standard InChI is InChI=1S/C21H27ClFN5O3/c1-3-13(10-29)25-21-26-18-9-28(20(24)30)7-6-14(18)19(27-21)15(11-31-2)12-4-5-16(22)17(23)8-12/h4-5,8,13,15,29H,3,6-7,9-11H2,1-2H3,(H2,24,30)(H,25,26,27)/t13-,15-/m0/s1.